The highest BCUT2D eigenvalue weighted by Crippen LogP contribution is 2.42. The van der Waals surface area contributed by atoms with E-state index >= 15 is 0 Å². The molecular weight excluding hydrogens is 845 g/mol. The van der Waals surface area contributed by atoms with Crippen LogP contribution < -0.4 is 10.7 Å². The first-order valence-corrected chi connectivity index (χ1v) is 24.2. The standard InChI is InChI=1S/C49H64N8O7S/c1-8-56-40-15-14-32-24-35(40)36(45(56)34-12-9-19-50-44(34)31(2)62-7)26-48(3,4)30-64-47(61)37-13-10-22-57(53-37)46(60)38(25-42-52-39(32)29-65-42)51-41(58)17-23-63-33-27-54(28-33)43(59)16-18-49(5,6)55-20-11-21-55/h9,12,14-15,19,24,31,33,37-39,53H,8,10-11,13,17,20-23,25-30H2,1-7H3,(H,51,58)/t31-,37-,38-,39?/m0/s1. The largest absolute Gasteiger partial charge is 0.464 e. The van der Waals surface area contributed by atoms with Crippen LogP contribution in [0.15, 0.2) is 41.5 Å². The van der Waals surface area contributed by atoms with Crippen molar-refractivity contribution in [2.45, 2.75) is 122 Å². The topological polar surface area (TPSA) is 160 Å². The van der Waals surface area contributed by atoms with Gasteiger partial charge in [-0.25, -0.2) is 5.43 Å². The Morgan fingerprint density at radius 1 is 1.14 bits per heavy atom. The number of thioether (sulfide) groups is 1. The van der Waals surface area contributed by atoms with E-state index in [1.54, 1.807) is 30.0 Å². The Morgan fingerprint density at radius 2 is 1.94 bits per heavy atom. The molecule has 3 amide bonds. The minimum atomic E-state index is -0.929. The van der Waals surface area contributed by atoms with Gasteiger partial charge < -0.3 is 29.0 Å². The molecule has 6 bridgehead atoms. The zero-order chi connectivity index (χ0) is 46.0. The zero-order valence-corrected chi connectivity index (χ0v) is 39.7. The lowest BCUT2D eigenvalue weighted by Crippen LogP contribution is -2.60. The molecule has 2 N–H and O–H groups in total. The highest BCUT2D eigenvalue weighted by atomic mass is 32.2. The van der Waals surface area contributed by atoms with Crippen molar-refractivity contribution in [2.24, 2.45) is 10.4 Å². The first-order valence-electron chi connectivity index (χ1n) is 23.2. The fraction of sp³-hybridized carbons (Fsp3) is 0.592. The lowest BCUT2D eigenvalue weighted by atomic mass is 9.84. The molecule has 3 fully saturated rings. The number of cyclic esters (lactones) is 1. The zero-order valence-electron chi connectivity index (χ0n) is 38.9. The van der Waals surface area contributed by atoms with Crippen molar-refractivity contribution in [3.8, 4) is 23.1 Å². The van der Waals surface area contributed by atoms with Gasteiger partial charge in [0.15, 0.2) is 0 Å². The Balaban J connectivity index is 1.02. The number of pyridine rings is 1. The molecule has 2 aromatic heterocycles. The number of esters is 1. The number of fused-ring (bicyclic) bond motifs is 5. The molecule has 8 rings (SSSR count). The summed E-state index contributed by atoms with van der Waals surface area (Å²) in [7, 11) is 1.70. The molecule has 348 valence electrons. The van der Waals surface area contributed by atoms with Crippen molar-refractivity contribution >= 4 is 51.4 Å². The molecule has 7 heterocycles. The summed E-state index contributed by atoms with van der Waals surface area (Å²) in [6.07, 6.45) is 4.48. The molecule has 15 nitrogen and oxygen atoms in total. The molecule has 3 saturated heterocycles. The van der Waals surface area contributed by atoms with Gasteiger partial charge in [-0.05, 0) is 94.7 Å². The number of ether oxygens (including phenoxy) is 3. The number of carbonyl (C=O) groups excluding carboxylic acids is 4. The van der Waals surface area contributed by atoms with Gasteiger partial charge in [-0.15, -0.1) is 11.8 Å². The Kier molecular flexibility index (Phi) is 14.1. The Morgan fingerprint density at radius 3 is 2.68 bits per heavy atom. The molecule has 1 unspecified atom stereocenters. The fourth-order valence-electron chi connectivity index (χ4n) is 9.33. The highest BCUT2D eigenvalue weighted by molar-refractivity contribution is 8.14. The number of hydrazine groups is 1. The van der Waals surface area contributed by atoms with E-state index in [0.29, 0.717) is 44.6 Å². The summed E-state index contributed by atoms with van der Waals surface area (Å²) in [5, 5.41) is 6.33. The third-order valence-corrected chi connectivity index (χ3v) is 14.5. The molecule has 0 radical (unpaired) electrons. The van der Waals surface area contributed by atoms with Crippen LogP contribution in [0, 0.1) is 17.3 Å². The van der Waals surface area contributed by atoms with Crippen LogP contribution >= 0.6 is 11.8 Å². The van der Waals surface area contributed by atoms with E-state index < -0.39 is 23.5 Å². The minimum Gasteiger partial charge on any atom is -0.464 e. The summed E-state index contributed by atoms with van der Waals surface area (Å²) < 4.78 is 20.2. The maximum absolute atomic E-state index is 14.3. The normalized spacial score (nSPS) is 23.4. The molecule has 16 heteroatoms. The number of hydrogen-bond acceptors (Lipinski definition) is 12. The van der Waals surface area contributed by atoms with Crippen LogP contribution in [-0.4, -0.2) is 136 Å². The second kappa shape index (κ2) is 19.6. The predicted octanol–water partition coefficient (Wildman–Crippen LogP) is 5.22. The second-order valence-corrected chi connectivity index (χ2v) is 20.3. The number of methoxy groups -OCH3 is 1. The molecular formula is C49H64N8O7S. The molecule has 0 aliphatic carbocycles. The van der Waals surface area contributed by atoms with Crippen LogP contribution in [0.1, 0.15) is 103 Å². The molecule has 5 aliphatic rings. The number of nitrogens with zero attached hydrogens (tertiary/aromatic N) is 6. The summed E-state index contributed by atoms with van der Waals surface area (Å²) in [5.41, 5.74) is 8.57. The number of likely N-dealkylation sites (tertiary alicyclic amines) is 2. The minimum absolute atomic E-state index is 0.0329. The number of aliphatic imine (C=N–C) groups is 1. The lowest BCUT2D eigenvalue weighted by molar-refractivity contribution is -0.155. The maximum Gasteiger partial charge on any atom is 0.324 e. The average molecular weight is 909 g/mol. The average Bonchev–Trinajstić information content (AvgIpc) is 3.85. The summed E-state index contributed by atoms with van der Waals surface area (Å²) in [6.45, 7) is 16.7. The molecule has 65 heavy (non-hydrogen) atoms. The number of hydrogen-bond donors (Lipinski definition) is 2. The smallest absolute Gasteiger partial charge is 0.324 e. The van der Waals surface area contributed by atoms with Crippen LogP contribution in [0.2, 0.25) is 0 Å². The van der Waals surface area contributed by atoms with Gasteiger partial charge in [-0.2, -0.15) is 0 Å². The van der Waals surface area contributed by atoms with E-state index in [9.17, 15) is 19.2 Å². The quantitative estimate of drug-likeness (QED) is 0.203. The number of benzene rings is 1. The Bertz CT molecular complexity index is 2390. The first-order chi connectivity index (χ1) is 31.1. The van der Waals surface area contributed by atoms with Gasteiger partial charge in [0.25, 0.3) is 11.8 Å². The van der Waals surface area contributed by atoms with E-state index in [4.69, 9.17) is 24.2 Å². The van der Waals surface area contributed by atoms with Crippen LogP contribution in [0.3, 0.4) is 0 Å². The van der Waals surface area contributed by atoms with Gasteiger partial charge in [0.1, 0.15) is 12.1 Å². The van der Waals surface area contributed by atoms with Gasteiger partial charge in [0, 0.05) is 93.1 Å². The molecule has 0 saturated carbocycles. The van der Waals surface area contributed by atoms with Gasteiger partial charge in [0.2, 0.25) is 5.91 Å². The third-order valence-electron chi connectivity index (χ3n) is 13.4. The Hall–Kier alpha value is -4.79. The summed E-state index contributed by atoms with van der Waals surface area (Å²) >= 11 is 1.60. The Labute approximate surface area is 386 Å². The van der Waals surface area contributed by atoms with Crippen molar-refractivity contribution < 1.29 is 33.4 Å². The van der Waals surface area contributed by atoms with Crippen LogP contribution in [0.4, 0.5) is 0 Å². The van der Waals surface area contributed by atoms with E-state index in [0.717, 1.165) is 70.1 Å². The van der Waals surface area contributed by atoms with E-state index in [1.165, 1.54) is 5.01 Å². The van der Waals surface area contributed by atoms with Crippen molar-refractivity contribution in [3.63, 3.8) is 0 Å². The van der Waals surface area contributed by atoms with Crippen LogP contribution in [0.5, 0.6) is 0 Å². The molecule has 5 aliphatic heterocycles. The first kappa shape index (κ1) is 46.7. The van der Waals surface area contributed by atoms with Crippen molar-refractivity contribution in [2.75, 3.05) is 58.8 Å². The van der Waals surface area contributed by atoms with Gasteiger partial charge in [-0.3, -0.25) is 39.1 Å². The molecule has 1 aromatic carbocycles. The number of rotatable bonds is 10. The monoisotopic (exact) mass is 908 g/mol. The summed E-state index contributed by atoms with van der Waals surface area (Å²) in [4.78, 5) is 68.3. The third kappa shape index (κ3) is 10.3. The molecule has 4 atom stereocenters. The summed E-state index contributed by atoms with van der Waals surface area (Å²) in [5.74, 6) is 5.31. The number of carbonyl (C=O) groups is 4. The lowest BCUT2D eigenvalue weighted by Gasteiger charge is -2.41. The van der Waals surface area contributed by atoms with Crippen molar-refractivity contribution in [1.82, 2.24) is 35.1 Å². The molecule has 0 spiro atoms. The van der Waals surface area contributed by atoms with Gasteiger partial charge in [0.05, 0.1) is 53.4 Å². The van der Waals surface area contributed by atoms with Crippen molar-refractivity contribution in [1.29, 1.82) is 0 Å². The number of aromatic nitrogens is 2. The number of nitrogens with one attached hydrogen (secondary N) is 2. The summed E-state index contributed by atoms with van der Waals surface area (Å²) in [6, 6.07) is 8.85. The van der Waals surface area contributed by atoms with Crippen LogP contribution in [0.25, 0.3) is 22.2 Å². The fourth-order valence-corrected chi connectivity index (χ4v) is 10.4. The highest BCUT2D eigenvalue weighted by Gasteiger charge is 2.38. The van der Waals surface area contributed by atoms with Crippen molar-refractivity contribution in [3.05, 3.63) is 53.3 Å². The SMILES string of the molecule is CCn1c(-c2cccnc2[C@H](C)OC)c2c3cc(ccc31)C1CSC(=N1)C[C@H](NC(=O)CCOC1CN(C(=O)C#CC(C)(C)N3CCC3)C1)C(=O)N1CCC[C@H](N1)C(=O)OCC(C)(C)C2. The van der Waals surface area contributed by atoms with Crippen LogP contribution in [-0.2, 0) is 46.4 Å². The van der Waals surface area contributed by atoms with Gasteiger partial charge in [-0.1, -0.05) is 25.8 Å². The number of aryl methyl sites for hydroxylation is 1. The molecule has 3 aromatic rings. The predicted molar refractivity (Wildman–Crippen MR) is 251 cm³/mol. The maximum atomic E-state index is 14.3. The number of amides is 3. The second-order valence-electron chi connectivity index (χ2n) is 19.2. The van der Waals surface area contributed by atoms with E-state index in [2.05, 4.69) is 77.1 Å². The van der Waals surface area contributed by atoms with E-state index in [1.807, 2.05) is 26.8 Å². The van der Waals surface area contributed by atoms with Gasteiger partial charge >= 0.3 is 5.97 Å². The van der Waals surface area contributed by atoms with E-state index in [-0.39, 0.29) is 67.6 Å².